The number of benzene rings is 1. The molecule has 1 saturated heterocycles. The normalized spacial score (nSPS) is 14.4. The summed E-state index contributed by atoms with van der Waals surface area (Å²) < 4.78 is 5.37. The first-order chi connectivity index (χ1) is 14.2. The topological polar surface area (TPSA) is 69.7 Å². The number of carbonyl (C=O) groups excluding carboxylic acids is 1. The maximum Gasteiger partial charge on any atom is 0.257 e. The standard InChI is InChI=1S/C22H31N5O2/c1-3-27(4-2)21-7-5-19(6-8-21)25-22(28)18-15-20(17-23-16-18)24-9-10-26-11-13-29-14-12-26/h5-8,15-17,24H,3-4,9-14H2,1-2H3,(H,25,28). The Labute approximate surface area is 173 Å². The smallest absolute Gasteiger partial charge is 0.257 e. The Balaban J connectivity index is 1.53. The molecule has 1 aliphatic rings. The molecule has 7 nitrogen and oxygen atoms in total. The third-order valence-corrected chi connectivity index (χ3v) is 5.12. The van der Waals surface area contributed by atoms with Crippen molar-refractivity contribution < 1.29 is 9.53 Å². The Morgan fingerprint density at radius 3 is 2.52 bits per heavy atom. The first kappa shape index (κ1) is 21.1. The van der Waals surface area contributed by atoms with Crippen molar-refractivity contribution in [2.45, 2.75) is 13.8 Å². The molecule has 29 heavy (non-hydrogen) atoms. The van der Waals surface area contributed by atoms with E-state index in [1.807, 2.05) is 30.3 Å². The number of hydrogen-bond donors (Lipinski definition) is 2. The summed E-state index contributed by atoms with van der Waals surface area (Å²) in [5.41, 5.74) is 3.31. The monoisotopic (exact) mass is 397 g/mol. The van der Waals surface area contributed by atoms with Crippen LogP contribution in [0.3, 0.4) is 0 Å². The minimum absolute atomic E-state index is 0.162. The van der Waals surface area contributed by atoms with Gasteiger partial charge in [-0.05, 0) is 44.2 Å². The van der Waals surface area contributed by atoms with Crippen molar-refractivity contribution in [3.63, 3.8) is 0 Å². The molecule has 3 rings (SSSR count). The summed E-state index contributed by atoms with van der Waals surface area (Å²) in [6.45, 7) is 11.5. The molecule has 1 aromatic heterocycles. The predicted molar refractivity (Wildman–Crippen MR) is 118 cm³/mol. The van der Waals surface area contributed by atoms with Crippen LogP contribution in [0.1, 0.15) is 24.2 Å². The van der Waals surface area contributed by atoms with Crippen molar-refractivity contribution >= 4 is 23.0 Å². The van der Waals surface area contributed by atoms with E-state index >= 15 is 0 Å². The molecule has 0 radical (unpaired) electrons. The third-order valence-electron chi connectivity index (χ3n) is 5.12. The molecule has 0 spiro atoms. The number of rotatable bonds is 9. The van der Waals surface area contributed by atoms with Crippen LogP contribution in [0.25, 0.3) is 0 Å². The maximum atomic E-state index is 12.6. The van der Waals surface area contributed by atoms with Crippen LogP contribution < -0.4 is 15.5 Å². The third kappa shape index (κ3) is 6.17. The molecule has 156 valence electrons. The zero-order valence-corrected chi connectivity index (χ0v) is 17.4. The SMILES string of the molecule is CCN(CC)c1ccc(NC(=O)c2cncc(NCCN3CCOCC3)c2)cc1. The van der Waals surface area contributed by atoms with Crippen molar-refractivity contribution in [3.05, 3.63) is 48.3 Å². The fourth-order valence-corrected chi connectivity index (χ4v) is 3.39. The van der Waals surface area contributed by atoms with E-state index < -0.39 is 0 Å². The van der Waals surface area contributed by atoms with E-state index in [1.54, 1.807) is 12.4 Å². The highest BCUT2D eigenvalue weighted by atomic mass is 16.5. The predicted octanol–water partition coefficient (Wildman–Crippen LogP) is 2.92. The van der Waals surface area contributed by atoms with Gasteiger partial charge < -0.3 is 20.3 Å². The number of hydrogen-bond acceptors (Lipinski definition) is 6. The highest BCUT2D eigenvalue weighted by Crippen LogP contribution is 2.18. The lowest BCUT2D eigenvalue weighted by molar-refractivity contribution is 0.0398. The molecule has 0 unspecified atom stereocenters. The van der Waals surface area contributed by atoms with E-state index in [4.69, 9.17) is 4.74 Å². The number of pyridine rings is 1. The second kappa shape index (κ2) is 10.8. The minimum atomic E-state index is -0.162. The number of amides is 1. The van der Waals surface area contributed by atoms with Gasteiger partial charge in [0.05, 0.1) is 24.5 Å². The molecule has 7 heteroatoms. The van der Waals surface area contributed by atoms with Gasteiger partial charge in [-0.3, -0.25) is 14.7 Å². The van der Waals surface area contributed by atoms with Gasteiger partial charge in [-0.25, -0.2) is 0 Å². The van der Waals surface area contributed by atoms with Crippen LogP contribution in [0.4, 0.5) is 17.1 Å². The van der Waals surface area contributed by atoms with E-state index in [2.05, 4.69) is 39.3 Å². The van der Waals surface area contributed by atoms with E-state index in [0.717, 1.165) is 69.5 Å². The van der Waals surface area contributed by atoms with Crippen LogP contribution in [0.2, 0.25) is 0 Å². The van der Waals surface area contributed by atoms with Gasteiger partial charge in [-0.2, -0.15) is 0 Å². The molecule has 0 bridgehead atoms. The quantitative estimate of drug-likeness (QED) is 0.678. The first-order valence-electron chi connectivity index (χ1n) is 10.3. The van der Waals surface area contributed by atoms with Crippen LogP contribution in [-0.2, 0) is 4.74 Å². The van der Waals surface area contributed by atoms with Gasteiger partial charge in [0.25, 0.3) is 5.91 Å². The van der Waals surface area contributed by atoms with E-state index in [-0.39, 0.29) is 5.91 Å². The number of aromatic nitrogens is 1. The molecule has 1 amide bonds. The van der Waals surface area contributed by atoms with E-state index in [1.165, 1.54) is 0 Å². The molecule has 0 saturated carbocycles. The number of nitrogens with zero attached hydrogens (tertiary/aromatic N) is 3. The highest BCUT2D eigenvalue weighted by molar-refractivity contribution is 6.04. The molecule has 2 heterocycles. The number of anilines is 3. The Bertz CT molecular complexity index is 771. The lowest BCUT2D eigenvalue weighted by Crippen LogP contribution is -2.39. The van der Waals surface area contributed by atoms with Gasteiger partial charge in [0.2, 0.25) is 0 Å². The molecule has 0 atom stereocenters. The first-order valence-corrected chi connectivity index (χ1v) is 10.3. The largest absolute Gasteiger partial charge is 0.382 e. The van der Waals surface area contributed by atoms with Crippen LogP contribution >= 0.6 is 0 Å². The van der Waals surface area contributed by atoms with Gasteiger partial charge in [0, 0.05) is 63.0 Å². The minimum Gasteiger partial charge on any atom is -0.382 e. The van der Waals surface area contributed by atoms with Crippen molar-refractivity contribution in [1.82, 2.24) is 9.88 Å². The Hall–Kier alpha value is -2.64. The Morgan fingerprint density at radius 2 is 1.83 bits per heavy atom. The van der Waals surface area contributed by atoms with Crippen LogP contribution in [0, 0.1) is 0 Å². The van der Waals surface area contributed by atoms with Gasteiger partial charge >= 0.3 is 0 Å². The summed E-state index contributed by atoms with van der Waals surface area (Å²) in [6.07, 6.45) is 3.34. The van der Waals surface area contributed by atoms with Gasteiger partial charge in [-0.15, -0.1) is 0 Å². The summed E-state index contributed by atoms with van der Waals surface area (Å²) in [4.78, 5) is 21.4. The fourth-order valence-electron chi connectivity index (χ4n) is 3.39. The number of nitrogens with one attached hydrogen (secondary N) is 2. The molecule has 1 aromatic carbocycles. The van der Waals surface area contributed by atoms with Crippen molar-refractivity contribution in [2.24, 2.45) is 0 Å². The summed E-state index contributed by atoms with van der Waals surface area (Å²) in [6, 6.07) is 9.77. The maximum absolute atomic E-state index is 12.6. The van der Waals surface area contributed by atoms with Crippen LogP contribution in [-0.4, -0.2) is 68.3 Å². The second-order valence-corrected chi connectivity index (χ2v) is 7.02. The molecule has 2 aromatic rings. The molecular formula is C22H31N5O2. The summed E-state index contributed by atoms with van der Waals surface area (Å²) in [5, 5.41) is 6.30. The van der Waals surface area contributed by atoms with Crippen LogP contribution in [0.15, 0.2) is 42.7 Å². The van der Waals surface area contributed by atoms with Crippen molar-refractivity contribution in [3.8, 4) is 0 Å². The Kier molecular flexibility index (Phi) is 7.84. The zero-order chi connectivity index (χ0) is 20.5. The second-order valence-electron chi connectivity index (χ2n) is 7.02. The zero-order valence-electron chi connectivity index (χ0n) is 17.4. The average molecular weight is 398 g/mol. The summed E-state index contributed by atoms with van der Waals surface area (Å²) in [5.74, 6) is -0.162. The van der Waals surface area contributed by atoms with Crippen molar-refractivity contribution in [2.75, 3.05) is 68.0 Å². The van der Waals surface area contributed by atoms with Gasteiger partial charge in [0.1, 0.15) is 0 Å². The van der Waals surface area contributed by atoms with Gasteiger partial charge in [-0.1, -0.05) is 0 Å². The molecule has 0 aliphatic carbocycles. The number of morpholine rings is 1. The van der Waals surface area contributed by atoms with Crippen LogP contribution in [0.5, 0.6) is 0 Å². The highest BCUT2D eigenvalue weighted by Gasteiger charge is 2.11. The molecular weight excluding hydrogens is 366 g/mol. The molecule has 2 N–H and O–H groups in total. The summed E-state index contributed by atoms with van der Waals surface area (Å²) >= 11 is 0. The van der Waals surface area contributed by atoms with Gasteiger partial charge in [0.15, 0.2) is 0 Å². The lowest BCUT2D eigenvalue weighted by atomic mass is 10.2. The molecule has 1 fully saturated rings. The number of carbonyl (C=O) groups is 1. The fraction of sp³-hybridized carbons (Fsp3) is 0.455. The lowest BCUT2D eigenvalue weighted by Gasteiger charge is -2.26. The Morgan fingerprint density at radius 1 is 1.10 bits per heavy atom. The number of ether oxygens (including phenoxy) is 1. The molecule has 1 aliphatic heterocycles. The van der Waals surface area contributed by atoms with E-state index in [9.17, 15) is 4.79 Å². The van der Waals surface area contributed by atoms with E-state index in [0.29, 0.717) is 5.56 Å². The summed E-state index contributed by atoms with van der Waals surface area (Å²) in [7, 11) is 0. The average Bonchev–Trinajstić information content (AvgIpc) is 2.77. The van der Waals surface area contributed by atoms with Crippen molar-refractivity contribution in [1.29, 1.82) is 0 Å².